The van der Waals surface area contributed by atoms with E-state index in [0.29, 0.717) is 5.88 Å². The van der Waals surface area contributed by atoms with E-state index in [1.54, 1.807) is 6.20 Å². The van der Waals surface area contributed by atoms with Crippen molar-refractivity contribution in [2.24, 2.45) is 4.99 Å². The lowest BCUT2D eigenvalue weighted by atomic mass is 10.2. The number of pyridine rings is 1. The minimum Gasteiger partial charge on any atom is -0.439 e. The molecule has 27 heavy (non-hydrogen) atoms. The molecule has 0 spiro atoms. The van der Waals surface area contributed by atoms with Crippen LogP contribution in [-0.2, 0) is 13.0 Å². The van der Waals surface area contributed by atoms with Gasteiger partial charge in [0.1, 0.15) is 11.6 Å². The van der Waals surface area contributed by atoms with Gasteiger partial charge < -0.3 is 15.4 Å². The van der Waals surface area contributed by atoms with Gasteiger partial charge in [0.25, 0.3) is 0 Å². The highest BCUT2D eigenvalue weighted by atomic mass is 32.1. The number of ether oxygens (including phenoxy) is 1. The van der Waals surface area contributed by atoms with E-state index in [-0.39, 0.29) is 0 Å². The Balaban J connectivity index is 1.26. The van der Waals surface area contributed by atoms with Gasteiger partial charge in [-0.05, 0) is 41.6 Å². The standard InChI is InChI=1S/C21H22N4OS/c1-2-19(27-13-1)9-10-22-14-16-3-6-18(7-4-16)26-20-8-5-17(15-25-20)21-23-11-12-24-21/h1-8,13,15,22H,9-12,14H2,(H,23,24). The third kappa shape index (κ3) is 4.93. The molecular weight excluding hydrogens is 356 g/mol. The van der Waals surface area contributed by atoms with Gasteiger partial charge in [0.15, 0.2) is 0 Å². The number of nitrogens with one attached hydrogen (secondary N) is 2. The summed E-state index contributed by atoms with van der Waals surface area (Å²) in [5.41, 5.74) is 2.23. The highest BCUT2D eigenvalue weighted by molar-refractivity contribution is 7.09. The summed E-state index contributed by atoms with van der Waals surface area (Å²) in [7, 11) is 0. The maximum Gasteiger partial charge on any atom is 0.219 e. The maximum absolute atomic E-state index is 5.84. The topological polar surface area (TPSA) is 58.5 Å². The highest BCUT2D eigenvalue weighted by Crippen LogP contribution is 2.20. The molecule has 2 N–H and O–H groups in total. The number of thiophene rings is 1. The van der Waals surface area contributed by atoms with Gasteiger partial charge in [-0.15, -0.1) is 11.3 Å². The van der Waals surface area contributed by atoms with Crippen LogP contribution in [0, 0.1) is 0 Å². The molecule has 138 valence electrons. The SMILES string of the molecule is c1csc(CCNCc2ccc(Oc3ccc(C4=NCCN4)cn3)cc2)c1. The van der Waals surface area contributed by atoms with Crippen molar-refractivity contribution in [1.29, 1.82) is 0 Å². The van der Waals surface area contributed by atoms with Crippen LogP contribution in [0.15, 0.2) is 65.1 Å². The van der Waals surface area contributed by atoms with Gasteiger partial charge in [-0.2, -0.15) is 0 Å². The first-order valence-corrected chi connectivity index (χ1v) is 9.99. The maximum atomic E-state index is 5.84. The van der Waals surface area contributed by atoms with E-state index in [1.807, 2.05) is 35.6 Å². The fraction of sp³-hybridized carbons (Fsp3) is 0.238. The predicted octanol–water partition coefficient (Wildman–Crippen LogP) is 3.62. The van der Waals surface area contributed by atoms with E-state index in [1.165, 1.54) is 10.4 Å². The van der Waals surface area contributed by atoms with Gasteiger partial charge >= 0.3 is 0 Å². The minimum absolute atomic E-state index is 0.583. The molecule has 1 aromatic carbocycles. The number of hydrogen-bond donors (Lipinski definition) is 2. The number of nitrogens with zero attached hydrogens (tertiary/aromatic N) is 2. The van der Waals surface area contributed by atoms with Gasteiger partial charge in [-0.3, -0.25) is 4.99 Å². The molecule has 3 heterocycles. The summed E-state index contributed by atoms with van der Waals surface area (Å²) < 4.78 is 5.84. The first-order chi connectivity index (χ1) is 13.4. The lowest BCUT2D eigenvalue weighted by molar-refractivity contribution is 0.462. The van der Waals surface area contributed by atoms with Crippen LogP contribution >= 0.6 is 11.3 Å². The van der Waals surface area contributed by atoms with Crippen molar-refractivity contribution in [1.82, 2.24) is 15.6 Å². The Hall–Kier alpha value is -2.70. The Morgan fingerprint density at radius 2 is 2.04 bits per heavy atom. The fourth-order valence-electron chi connectivity index (χ4n) is 2.87. The van der Waals surface area contributed by atoms with Crippen molar-refractivity contribution in [3.05, 3.63) is 76.1 Å². The molecule has 0 bridgehead atoms. The summed E-state index contributed by atoms with van der Waals surface area (Å²) in [5.74, 6) is 2.28. The zero-order valence-electron chi connectivity index (χ0n) is 15.0. The summed E-state index contributed by atoms with van der Waals surface area (Å²) in [5, 5.41) is 8.84. The van der Waals surface area contributed by atoms with Crippen LogP contribution in [0.1, 0.15) is 16.0 Å². The molecule has 0 unspecified atom stereocenters. The Morgan fingerprint density at radius 3 is 2.74 bits per heavy atom. The third-order valence-electron chi connectivity index (χ3n) is 4.29. The Labute approximate surface area is 163 Å². The first-order valence-electron chi connectivity index (χ1n) is 9.11. The average molecular weight is 379 g/mol. The van der Waals surface area contributed by atoms with Gasteiger partial charge in [-0.1, -0.05) is 18.2 Å². The molecule has 1 aliphatic rings. The number of aliphatic imine (C=N–C) groups is 1. The summed E-state index contributed by atoms with van der Waals surface area (Å²) in [6.45, 7) is 3.55. The van der Waals surface area contributed by atoms with Crippen molar-refractivity contribution in [3.8, 4) is 11.6 Å². The van der Waals surface area contributed by atoms with Crippen LogP contribution in [0.4, 0.5) is 0 Å². The summed E-state index contributed by atoms with van der Waals surface area (Å²) in [6.07, 6.45) is 2.86. The van der Waals surface area contributed by atoms with E-state index in [2.05, 4.69) is 50.3 Å². The van der Waals surface area contributed by atoms with E-state index in [0.717, 1.165) is 49.7 Å². The fourth-order valence-corrected chi connectivity index (χ4v) is 3.58. The van der Waals surface area contributed by atoms with Gasteiger partial charge in [0.2, 0.25) is 5.88 Å². The smallest absolute Gasteiger partial charge is 0.219 e. The summed E-state index contributed by atoms with van der Waals surface area (Å²) >= 11 is 1.81. The normalized spacial score (nSPS) is 13.3. The quantitative estimate of drug-likeness (QED) is 0.588. The van der Waals surface area contributed by atoms with Crippen LogP contribution in [0.5, 0.6) is 11.6 Å². The molecule has 0 aliphatic carbocycles. The van der Waals surface area contributed by atoms with Crippen molar-refractivity contribution >= 4 is 17.2 Å². The number of rotatable bonds is 8. The van der Waals surface area contributed by atoms with Gasteiger partial charge in [-0.25, -0.2) is 4.98 Å². The third-order valence-corrected chi connectivity index (χ3v) is 5.22. The average Bonchev–Trinajstić information content (AvgIpc) is 3.41. The molecule has 6 heteroatoms. The van der Waals surface area contributed by atoms with Crippen LogP contribution in [-0.4, -0.2) is 30.5 Å². The van der Waals surface area contributed by atoms with Gasteiger partial charge in [0, 0.05) is 42.3 Å². The molecule has 0 fully saturated rings. The Bertz CT molecular complexity index is 874. The van der Waals surface area contributed by atoms with Crippen LogP contribution in [0.2, 0.25) is 0 Å². The lowest BCUT2D eigenvalue weighted by Gasteiger charge is -2.08. The molecule has 0 radical (unpaired) electrons. The van der Waals surface area contributed by atoms with E-state index >= 15 is 0 Å². The zero-order valence-corrected chi connectivity index (χ0v) is 15.8. The summed E-state index contributed by atoms with van der Waals surface area (Å²) in [4.78, 5) is 10.2. The second kappa shape index (κ2) is 8.79. The van der Waals surface area contributed by atoms with Crippen molar-refractivity contribution in [2.45, 2.75) is 13.0 Å². The molecule has 5 nitrogen and oxygen atoms in total. The van der Waals surface area contributed by atoms with Crippen LogP contribution in [0.25, 0.3) is 0 Å². The second-order valence-electron chi connectivity index (χ2n) is 6.29. The van der Waals surface area contributed by atoms with Crippen molar-refractivity contribution < 1.29 is 4.74 Å². The van der Waals surface area contributed by atoms with Crippen molar-refractivity contribution in [2.75, 3.05) is 19.6 Å². The molecule has 0 saturated heterocycles. The predicted molar refractivity (Wildman–Crippen MR) is 110 cm³/mol. The molecule has 2 aromatic heterocycles. The monoisotopic (exact) mass is 378 g/mol. The number of aromatic nitrogens is 1. The molecule has 3 aromatic rings. The number of hydrogen-bond acceptors (Lipinski definition) is 6. The van der Waals surface area contributed by atoms with Crippen molar-refractivity contribution in [3.63, 3.8) is 0 Å². The van der Waals surface area contributed by atoms with Gasteiger partial charge in [0.05, 0.1) is 6.54 Å². The molecule has 4 rings (SSSR count). The number of amidine groups is 1. The largest absolute Gasteiger partial charge is 0.439 e. The van der Waals surface area contributed by atoms with E-state index in [4.69, 9.17) is 4.74 Å². The van der Waals surface area contributed by atoms with E-state index in [9.17, 15) is 0 Å². The molecule has 0 atom stereocenters. The second-order valence-corrected chi connectivity index (χ2v) is 7.33. The Kier molecular flexibility index (Phi) is 5.76. The number of benzene rings is 1. The van der Waals surface area contributed by atoms with Crippen LogP contribution in [0.3, 0.4) is 0 Å². The highest BCUT2D eigenvalue weighted by Gasteiger charge is 2.08. The summed E-state index contributed by atoms with van der Waals surface area (Å²) in [6, 6.07) is 16.3. The zero-order chi connectivity index (χ0) is 18.3. The lowest BCUT2D eigenvalue weighted by Crippen LogP contribution is -2.19. The molecule has 1 aliphatic heterocycles. The van der Waals surface area contributed by atoms with Crippen LogP contribution < -0.4 is 15.4 Å². The molecule has 0 saturated carbocycles. The van der Waals surface area contributed by atoms with E-state index < -0.39 is 0 Å². The molecule has 0 amide bonds. The minimum atomic E-state index is 0.583. The Morgan fingerprint density at radius 1 is 1.11 bits per heavy atom. The first kappa shape index (κ1) is 17.7. The molecular formula is C21H22N4OS.